The quantitative estimate of drug-likeness (QED) is 0.0711. The van der Waals surface area contributed by atoms with Gasteiger partial charge in [0, 0.05) is 77.5 Å². The number of halogens is 2. The minimum atomic E-state index is -0.966. The molecule has 2 saturated heterocycles. The molecular weight excluding hydrogens is 837 g/mol. The van der Waals surface area contributed by atoms with Crippen LogP contribution in [0.15, 0.2) is 79.3 Å². The number of likely N-dealkylation sites (tertiary alicyclic amines) is 1. The molecule has 14 heteroatoms. The maximum atomic E-state index is 15.1. The lowest BCUT2D eigenvalue weighted by Crippen LogP contribution is -2.57. The van der Waals surface area contributed by atoms with Gasteiger partial charge < -0.3 is 25.0 Å². The Bertz CT molecular complexity index is 2330. The maximum absolute atomic E-state index is 15.1. The van der Waals surface area contributed by atoms with Crippen LogP contribution in [0.5, 0.6) is 0 Å². The molecule has 1 aromatic heterocycles. The van der Waals surface area contributed by atoms with Gasteiger partial charge in [-0.05, 0) is 91.5 Å². The summed E-state index contributed by atoms with van der Waals surface area (Å²) in [5, 5.41) is 10.1. The van der Waals surface area contributed by atoms with Crippen LogP contribution in [0.2, 0.25) is 10.0 Å². The number of carbonyl (C=O) groups is 5. The van der Waals surface area contributed by atoms with E-state index in [0.29, 0.717) is 60.4 Å². The Morgan fingerprint density at radius 1 is 0.952 bits per heavy atom. The number of amides is 5. The summed E-state index contributed by atoms with van der Waals surface area (Å²) in [4.78, 5) is 74.7. The zero-order chi connectivity index (χ0) is 45.0. The van der Waals surface area contributed by atoms with Crippen LogP contribution in [0.1, 0.15) is 124 Å². The number of hydrogen-bond acceptors (Lipinski definition) is 7. The number of nitrogens with one attached hydrogen (secondary N) is 3. The average Bonchev–Trinajstić information content (AvgIpc) is 3.84. The van der Waals surface area contributed by atoms with E-state index in [2.05, 4.69) is 59.6 Å². The van der Waals surface area contributed by atoms with Crippen LogP contribution in [0.3, 0.4) is 0 Å². The van der Waals surface area contributed by atoms with Crippen molar-refractivity contribution in [3.63, 3.8) is 0 Å². The summed E-state index contributed by atoms with van der Waals surface area (Å²) in [6.07, 6.45) is 7.23. The zero-order valence-electron chi connectivity index (χ0n) is 36.8. The zero-order valence-corrected chi connectivity index (χ0v) is 38.3. The van der Waals surface area contributed by atoms with Crippen LogP contribution in [0.4, 0.5) is 5.69 Å². The molecule has 334 valence electrons. The molecule has 3 aliphatic heterocycles. The molecule has 4 aromatic rings. The number of carbonyl (C=O) groups excluding carboxylic acids is 5. The lowest BCUT2D eigenvalue weighted by molar-refractivity contribution is -0.159. The molecule has 0 spiro atoms. The minimum Gasteiger partial charge on any atom is -0.379 e. The van der Waals surface area contributed by atoms with Crippen LogP contribution < -0.4 is 16.0 Å². The van der Waals surface area contributed by atoms with E-state index in [-0.39, 0.29) is 66.9 Å². The van der Waals surface area contributed by atoms with Crippen molar-refractivity contribution in [3.05, 3.63) is 117 Å². The van der Waals surface area contributed by atoms with Gasteiger partial charge in [0.05, 0.1) is 30.0 Å². The first-order valence-corrected chi connectivity index (χ1v) is 23.0. The lowest BCUT2D eigenvalue weighted by Gasteiger charge is -2.53. The molecule has 1 unspecified atom stereocenters. The van der Waals surface area contributed by atoms with Gasteiger partial charge in [0.2, 0.25) is 23.6 Å². The average molecular weight is 897 g/mol. The van der Waals surface area contributed by atoms with E-state index in [4.69, 9.17) is 23.2 Å². The summed E-state index contributed by atoms with van der Waals surface area (Å²) in [6.45, 7) is 12.5. The van der Waals surface area contributed by atoms with E-state index in [1.165, 1.54) is 0 Å². The van der Waals surface area contributed by atoms with Crippen LogP contribution >= 0.6 is 23.2 Å². The van der Waals surface area contributed by atoms with Crippen molar-refractivity contribution in [1.82, 2.24) is 30.0 Å². The van der Waals surface area contributed by atoms with Crippen molar-refractivity contribution in [2.75, 3.05) is 11.9 Å². The molecule has 4 heterocycles. The lowest BCUT2D eigenvalue weighted by atomic mass is 9.66. The highest BCUT2D eigenvalue weighted by molar-refractivity contribution is 6.30. The van der Waals surface area contributed by atoms with Crippen molar-refractivity contribution in [2.24, 2.45) is 17.3 Å². The van der Waals surface area contributed by atoms with Crippen molar-refractivity contribution in [3.8, 4) is 0 Å². The second-order valence-corrected chi connectivity index (χ2v) is 19.4. The Labute approximate surface area is 380 Å². The number of piperidine rings is 2. The van der Waals surface area contributed by atoms with Crippen molar-refractivity contribution in [2.45, 2.75) is 123 Å². The molecule has 0 saturated carbocycles. The molecule has 0 aliphatic carbocycles. The van der Waals surface area contributed by atoms with Crippen molar-refractivity contribution in [1.29, 1.82) is 0 Å². The summed E-state index contributed by atoms with van der Waals surface area (Å²) >= 11 is 13.0. The summed E-state index contributed by atoms with van der Waals surface area (Å²) < 4.78 is 1.98. The number of aromatic nitrogens is 2. The topological polar surface area (TPSA) is 146 Å². The first-order valence-electron chi connectivity index (χ1n) is 22.2. The van der Waals surface area contributed by atoms with Crippen LogP contribution in [0.25, 0.3) is 0 Å². The second-order valence-electron chi connectivity index (χ2n) is 18.5. The number of rotatable bonds is 17. The van der Waals surface area contributed by atoms with E-state index in [1.807, 2.05) is 72.3 Å². The van der Waals surface area contributed by atoms with Crippen molar-refractivity contribution < 1.29 is 24.0 Å². The van der Waals surface area contributed by atoms with Gasteiger partial charge >= 0.3 is 0 Å². The highest BCUT2D eigenvalue weighted by Gasteiger charge is 2.52. The molecular formula is C49H59Cl2N7O5. The third-order valence-corrected chi connectivity index (χ3v) is 13.4. The molecule has 7 rings (SSSR count). The predicted octanol–water partition coefficient (Wildman–Crippen LogP) is 8.68. The number of imide groups is 1. The second kappa shape index (κ2) is 19.7. The first-order chi connectivity index (χ1) is 30.1. The summed E-state index contributed by atoms with van der Waals surface area (Å²) in [6, 6.07) is 20.2. The third-order valence-electron chi connectivity index (χ3n) is 13.0. The van der Waals surface area contributed by atoms with E-state index in [0.717, 1.165) is 40.9 Å². The van der Waals surface area contributed by atoms with E-state index in [9.17, 15) is 19.2 Å². The molecule has 3 aromatic carbocycles. The molecule has 63 heavy (non-hydrogen) atoms. The monoisotopic (exact) mass is 895 g/mol. The molecule has 5 amide bonds. The molecule has 0 bridgehead atoms. The largest absolute Gasteiger partial charge is 0.379 e. The standard InChI is InChI=1S/C49H59Cl2N7O5/c1-30(2)13-18-41(31(3)4)58-45(32-14-16-34(50)17-15-32)38(33-9-6-10-35(51)23-33)24-49(5,48(58)63)25-44(60)52-21-8-22-56-27-36(54-29-56)26-53-40-12-7-11-37-39(40)28-57(47(37)62)42-19-20-43(59)55-46(42)61/h6-7,9-12,14-17,23,27,29-31,38,41-42,45,53H,8,13,18-22,24-26,28H2,1-5H3,(H,52,60)(H,55,59,61)/t38-,41-,42?,45-,49-/m1/s1. The minimum absolute atomic E-state index is 0.00316. The fourth-order valence-electron chi connectivity index (χ4n) is 9.67. The Hall–Kier alpha value is -5.20. The van der Waals surface area contributed by atoms with Gasteiger partial charge in [-0.3, -0.25) is 29.3 Å². The van der Waals surface area contributed by atoms with E-state index < -0.39 is 17.4 Å². The Morgan fingerprint density at radius 3 is 2.43 bits per heavy atom. The first kappa shape index (κ1) is 45.8. The van der Waals surface area contributed by atoms with Gasteiger partial charge in [0.1, 0.15) is 6.04 Å². The smallest absolute Gasteiger partial charge is 0.255 e. The number of fused-ring (bicyclic) bond motifs is 1. The molecule has 5 atom stereocenters. The number of nitrogens with zero attached hydrogens (tertiary/aromatic N) is 4. The number of benzene rings is 3. The highest BCUT2D eigenvalue weighted by Crippen LogP contribution is 2.53. The van der Waals surface area contributed by atoms with Gasteiger partial charge in [-0.1, -0.05) is 88.2 Å². The number of hydrogen-bond donors (Lipinski definition) is 3. The van der Waals surface area contributed by atoms with Crippen LogP contribution in [-0.2, 0) is 38.8 Å². The van der Waals surface area contributed by atoms with Crippen molar-refractivity contribution >= 4 is 58.4 Å². The van der Waals surface area contributed by atoms with E-state index in [1.54, 1.807) is 17.3 Å². The van der Waals surface area contributed by atoms with Gasteiger partial charge in [-0.25, -0.2) is 4.98 Å². The maximum Gasteiger partial charge on any atom is 0.255 e. The Morgan fingerprint density at radius 2 is 1.71 bits per heavy atom. The van der Waals surface area contributed by atoms with Gasteiger partial charge in [-0.15, -0.1) is 0 Å². The molecule has 12 nitrogen and oxygen atoms in total. The normalized spacial score (nSPS) is 21.8. The highest BCUT2D eigenvalue weighted by atomic mass is 35.5. The number of imidazole rings is 1. The Kier molecular flexibility index (Phi) is 14.3. The van der Waals surface area contributed by atoms with Crippen LogP contribution in [0, 0.1) is 17.3 Å². The number of aryl methyl sites for hydroxylation is 1. The molecule has 3 N–H and O–H groups in total. The molecule has 0 radical (unpaired) electrons. The summed E-state index contributed by atoms with van der Waals surface area (Å²) in [7, 11) is 0. The van der Waals surface area contributed by atoms with Crippen LogP contribution in [-0.4, -0.2) is 67.5 Å². The molecule has 3 aliphatic rings. The predicted molar refractivity (Wildman–Crippen MR) is 245 cm³/mol. The Balaban J connectivity index is 0.987. The fraction of sp³-hybridized carbons (Fsp3) is 0.469. The van der Waals surface area contributed by atoms with Gasteiger partial charge in [0.15, 0.2) is 0 Å². The third kappa shape index (κ3) is 10.4. The summed E-state index contributed by atoms with van der Waals surface area (Å²) in [5.74, 6) is -0.614. The number of anilines is 1. The fourth-order valence-corrected chi connectivity index (χ4v) is 10.00. The van der Waals surface area contributed by atoms with E-state index >= 15 is 4.79 Å². The molecule has 2 fully saturated rings. The summed E-state index contributed by atoms with van der Waals surface area (Å²) in [5.41, 5.74) is 4.02. The van der Waals surface area contributed by atoms with Gasteiger partial charge in [-0.2, -0.15) is 0 Å². The van der Waals surface area contributed by atoms with Gasteiger partial charge in [0.25, 0.3) is 5.91 Å². The SMILES string of the molecule is CC(C)CC[C@H](C(C)C)N1C(=O)[C@@](C)(CC(=O)NCCCn2cnc(CNc3cccc4c3CN(C3CCC(=O)NC3=O)C4=O)c2)C[C@H](c2cccc(Cl)c2)[C@H]1c1ccc(Cl)cc1.